The number of hydrogen-bond acceptors (Lipinski definition) is 5. The number of rotatable bonds is 10. The smallest absolute Gasteiger partial charge is 0.337 e. The number of carboxylic acid groups (broad SMARTS) is 1. The second-order valence-corrected chi connectivity index (χ2v) is 8.51. The molecule has 1 atom stereocenters. The molecule has 0 fully saturated rings. The minimum atomic E-state index is -0.859. The Morgan fingerprint density at radius 2 is 1.91 bits per heavy atom. The molecule has 0 amide bonds. The van der Waals surface area contributed by atoms with Crippen molar-refractivity contribution < 1.29 is 19.4 Å². The van der Waals surface area contributed by atoms with E-state index >= 15 is 0 Å². The fraction of sp³-hybridized carbons (Fsp3) is 0.370. The van der Waals surface area contributed by atoms with Gasteiger partial charge in [0.05, 0.1) is 12.2 Å². The van der Waals surface area contributed by atoms with Gasteiger partial charge in [0.15, 0.2) is 0 Å². The number of fused-ring (bicyclic) bond motifs is 1. The second kappa shape index (κ2) is 11.1. The van der Waals surface area contributed by atoms with E-state index in [4.69, 9.17) is 9.47 Å². The zero-order valence-electron chi connectivity index (χ0n) is 19.1. The third-order valence-corrected chi connectivity index (χ3v) is 6.24. The zero-order chi connectivity index (χ0) is 23.0. The van der Waals surface area contributed by atoms with Gasteiger partial charge < -0.3 is 25.2 Å². The van der Waals surface area contributed by atoms with E-state index in [1.165, 1.54) is 11.1 Å². The molecular weight excluding hydrogens is 416 g/mol. The van der Waals surface area contributed by atoms with Crippen LogP contribution in [0.25, 0.3) is 0 Å². The molecular formula is C27H32N2O4. The van der Waals surface area contributed by atoms with E-state index in [-0.39, 0.29) is 0 Å². The first-order valence-corrected chi connectivity index (χ1v) is 11.6. The SMILES string of the molecule is COCCOc1ccc(Nc2ccc3c(c2)CCC[C@H]3CNC2=C(C(=O)O)C=CCC2)cc1. The number of ether oxygens (including phenoxy) is 2. The number of carbonyl (C=O) groups is 1. The highest BCUT2D eigenvalue weighted by Crippen LogP contribution is 2.34. The number of aryl methyl sites for hydroxylation is 1. The van der Waals surface area contributed by atoms with E-state index < -0.39 is 5.97 Å². The van der Waals surface area contributed by atoms with Gasteiger partial charge in [0.25, 0.3) is 0 Å². The average Bonchev–Trinajstić information content (AvgIpc) is 2.84. The van der Waals surface area contributed by atoms with E-state index in [9.17, 15) is 9.90 Å². The fourth-order valence-corrected chi connectivity index (χ4v) is 4.54. The molecule has 0 saturated carbocycles. The normalized spacial score (nSPS) is 17.4. The monoisotopic (exact) mass is 448 g/mol. The third kappa shape index (κ3) is 5.96. The summed E-state index contributed by atoms with van der Waals surface area (Å²) in [6, 6.07) is 14.5. The maximum Gasteiger partial charge on any atom is 0.337 e. The second-order valence-electron chi connectivity index (χ2n) is 8.51. The van der Waals surface area contributed by atoms with Gasteiger partial charge >= 0.3 is 5.97 Å². The number of anilines is 2. The van der Waals surface area contributed by atoms with Gasteiger partial charge in [0.2, 0.25) is 0 Å². The number of hydrogen-bond donors (Lipinski definition) is 3. The molecule has 4 rings (SSSR count). The quantitative estimate of drug-likeness (QED) is 0.436. The van der Waals surface area contributed by atoms with Gasteiger partial charge in [-0.25, -0.2) is 4.79 Å². The molecule has 0 heterocycles. The van der Waals surface area contributed by atoms with E-state index in [0.717, 1.165) is 61.5 Å². The first-order valence-electron chi connectivity index (χ1n) is 11.6. The average molecular weight is 449 g/mol. The summed E-state index contributed by atoms with van der Waals surface area (Å²) < 4.78 is 10.6. The lowest BCUT2D eigenvalue weighted by Gasteiger charge is -2.28. The Morgan fingerprint density at radius 1 is 1.09 bits per heavy atom. The lowest BCUT2D eigenvalue weighted by atomic mass is 9.82. The van der Waals surface area contributed by atoms with Crippen LogP contribution >= 0.6 is 0 Å². The van der Waals surface area contributed by atoms with Crippen LogP contribution < -0.4 is 15.4 Å². The van der Waals surface area contributed by atoms with Gasteiger partial charge in [-0.05, 0) is 85.7 Å². The van der Waals surface area contributed by atoms with Gasteiger partial charge in [-0.2, -0.15) is 0 Å². The summed E-state index contributed by atoms with van der Waals surface area (Å²) in [5.74, 6) is 0.357. The first kappa shape index (κ1) is 22.9. The van der Waals surface area contributed by atoms with Crippen molar-refractivity contribution in [2.24, 2.45) is 0 Å². The van der Waals surface area contributed by atoms with Crippen molar-refractivity contribution in [1.29, 1.82) is 0 Å². The Hall–Kier alpha value is -3.25. The van der Waals surface area contributed by atoms with Crippen LogP contribution in [0.4, 0.5) is 11.4 Å². The Morgan fingerprint density at radius 3 is 2.70 bits per heavy atom. The number of methoxy groups -OCH3 is 1. The Balaban J connectivity index is 1.40. The van der Waals surface area contributed by atoms with Gasteiger partial charge in [-0.1, -0.05) is 12.1 Å². The van der Waals surface area contributed by atoms with E-state index in [1.54, 1.807) is 13.2 Å². The van der Waals surface area contributed by atoms with E-state index in [1.807, 2.05) is 30.3 Å². The highest BCUT2D eigenvalue weighted by molar-refractivity contribution is 5.91. The number of allylic oxidation sites excluding steroid dienone is 2. The highest BCUT2D eigenvalue weighted by atomic mass is 16.5. The van der Waals surface area contributed by atoms with Crippen molar-refractivity contribution in [1.82, 2.24) is 5.32 Å². The molecule has 6 nitrogen and oxygen atoms in total. The number of carboxylic acids is 1. The maximum absolute atomic E-state index is 11.5. The zero-order valence-corrected chi connectivity index (χ0v) is 19.1. The summed E-state index contributed by atoms with van der Waals surface area (Å²) in [5.41, 5.74) is 6.07. The third-order valence-electron chi connectivity index (χ3n) is 6.24. The minimum absolute atomic E-state index is 0.389. The summed E-state index contributed by atoms with van der Waals surface area (Å²) in [6.07, 6.45) is 8.62. The molecule has 3 N–H and O–H groups in total. The van der Waals surface area contributed by atoms with Crippen LogP contribution in [0.1, 0.15) is 42.7 Å². The van der Waals surface area contributed by atoms with Crippen molar-refractivity contribution >= 4 is 17.3 Å². The lowest BCUT2D eigenvalue weighted by molar-refractivity contribution is -0.132. The van der Waals surface area contributed by atoms with Crippen molar-refractivity contribution in [3.05, 3.63) is 77.0 Å². The van der Waals surface area contributed by atoms with Gasteiger partial charge in [-0.15, -0.1) is 0 Å². The van der Waals surface area contributed by atoms with Crippen LogP contribution in [0.15, 0.2) is 65.9 Å². The molecule has 0 spiro atoms. The van der Waals surface area contributed by atoms with Crippen LogP contribution in [0.5, 0.6) is 5.75 Å². The van der Waals surface area contributed by atoms with Crippen molar-refractivity contribution in [2.75, 3.05) is 32.2 Å². The number of benzene rings is 2. The highest BCUT2D eigenvalue weighted by Gasteiger charge is 2.22. The molecule has 2 aromatic rings. The van der Waals surface area contributed by atoms with Crippen molar-refractivity contribution in [3.63, 3.8) is 0 Å². The van der Waals surface area contributed by atoms with E-state index in [2.05, 4.69) is 28.8 Å². The number of nitrogens with one attached hydrogen (secondary N) is 2. The molecule has 33 heavy (non-hydrogen) atoms. The van der Waals surface area contributed by atoms with Crippen molar-refractivity contribution in [2.45, 2.75) is 38.0 Å². The van der Waals surface area contributed by atoms with Gasteiger partial charge in [0.1, 0.15) is 12.4 Å². The lowest BCUT2D eigenvalue weighted by Crippen LogP contribution is -2.26. The van der Waals surface area contributed by atoms with Crippen LogP contribution in [0.3, 0.4) is 0 Å². The van der Waals surface area contributed by atoms with Crippen LogP contribution in [-0.2, 0) is 16.0 Å². The summed E-state index contributed by atoms with van der Waals surface area (Å²) in [4.78, 5) is 11.5. The molecule has 0 aliphatic heterocycles. The molecule has 174 valence electrons. The van der Waals surface area contributed by atoms with Crippen molar-refractivity contribution in [3.8, 4) is 5.75 Å². The Bertz CT molecular complexity index is 1030. The molecule has 2 aromatic carbocycles. The summed E-state index contributed by atoms with van der Waals surface area (Å²) in [6.45, 7) is 1.88. The molecule has 0 radical (unpaired) electrons. The summed E-state index contributed by atoms with van der Waals surface area (Å²) in [5, 5.41) is 16.4. The molecule has 0 aromatic heterocycles. The van der Waals surface area contributed by atoms with Crippen LogP contribution in [0, 0.1) is 0 Å². The Kier molecular flexibility index (Phi) is 7.68. The molecule has 2 aliphatic carbocycles. The maximum atomic E-state index is 11.5. The fourth-order valence-electron chi connectivity index (χ4n) is 4.54. The minimum Gasteiger partial charge on any atom is -0.491 e. The van der Waals surface area contributed by atoms with E-state index in [0.29, 0.717) is 24.7 Å². The summed E-state index contributed by atoms with van der Waals surface area (Å²) in [7, 11) is 1.66. The predicted molar refractivity (Wildman–Crippen MR) is 130 cm³/mol. The molecule has 0 unspecified atom stereocenters. The van der Waals surface area contributed by atoms with Crippen LogP contribution in [-0.4, -0.2) is 37.9 Å². The predicted octanol–water partition coefficient (Wildman–Crippen LogP) is 5.15. The Labute approximate surface area is 195 Å². The molecule has 2 aliphatic rings. The molecule has 6 heteroatoms. The summed E-state index contributed by atoms with van der Waals surface area (Å²) >= 11 is 0. The largest absolute Gasteiger partial charge is 0.491 e. The standard InChI is InChI=1S/C27H32N2O4/c1-32-15-16-33-23-12-9-21(10-13-23)29-22-11-14-24-19(17-22)5-4-6-20(24)18-28-26-8-3-2-7-25(26)27(30)31/h2,7,9-14,17,20,28-29H,3-6,8,15-16,18H2,1H3,(H,30,31)/t20-/m0/s1. The topological polar surface area (TPSA) is 79.8 Å². The molecule has 0 saturated heterocycles. The molecule has 0 bridgehead atoms. The first-order chi connectivity index (χ1) is 16.1. The van der Waals surface area contributed by atoms with Crippen LogP contribution in [0.2, 0.25) is 0 Å². The van der Waals surface area contributed by atoms with Gasteiger partial charge in [-0.3, -0.25) is 0 Å². The van der Waals surface area contributed by atoms with Gasteiger partial charge in [0, 0.05) is 36.6 Å². The number of aliphatic carboxylic acids is 1.